The van der Waals surface area contributed by atoms with Crippen molar-refractivity contribution in [2.75, 3.05) is 6.61 Å². The molecule has 0 saturated carbocycles. The molecule has 0 spiro atoms. The van der Waals surface area contributed by atoms with Crippen LogP contribution in [0.3, 0.4) is 0 Å². The van der Waals surface area contributed by atoms with Crippen LogP contribution in [-0.2, 0) is 30.4 Å². The van der Waals surface area contributed by atoms with Crippen molar-refractivity contribution < 1.29 is 34.0 Å². The first-order chi connectivity index (χ1) is 6.06. The second-order valence-corrected chi connectivity index (χ2v) is 10.3. The fourth-order valence-corrected chi connectivity index (χ4v) is 4.29. The molecule has 0 radical (unpaired) electrons. The molecule has 0 aliphatic rings. The topological polar surface area (TPSA) is 132 Å². The summed E-state index contributed by atoms with van der Waals surface area (Å²) in [5.41, 5.74) is 0. The fourth-order valence-electron chi connectivity index (χ4n) is 0.296. The lowest BCUT2D eigenvalue weighted by atomic mass is 10.7. The standard InChI is InChI=1S/C3H6O8S3/c1-2-3-11-13(7,8)14(9,10)12(4,5)6/h2H,1,3H2,(H,4,5,6). The first-order valence-electron chi connectivity index (χ1n) is 2.79. The van der Waals surface area contributed by atoms with Crippen molar-refractivity contribution in [3.8, 4) is 0 Å². The molecule has 11 heteroatoms. The van der Waals surface area contributed by atoms with Crippen molar-refractivity contribution in [3.05, 3.63) is 12.7 Å². The first-order valence-corrected chi connectivity index (χ1v) is 8.15. The molecule has 0 saturated heterocycles. The Morgan fingerprint density at radius 2 is 1.57 bits per heavy atom. The maximum absolute atomic E-state index is 10.7. The van der Waals surface area contributed by atoms with Crippen LogP contribution in [0, 0.1) is 0 Å². The molecule has 1 N–H and O–H groups in total. The van der Waals surface area contributed by atoms with Gasteiger partial charge in [0.1, 0.15) is 0 Å². The van der Waals surface area contributed by atoms with Gasteiger partial charge in [-0.25, -0.2) is 0 Å². The van der Waals surface area contributed by atoms with Crippen LogP contribution in [0.25, 0.3) is 0 Å². The van der Waals surface area contributed by atoms with Crippen molar-refractivity contribution in [2.45, 2.75) is 0 Å². The van der Waals surface area contributed by atoms with E-state index in [1.807, 2.05) is 0 Å². The van der Waals surface area contributed by atoms with Gasteiger partial charge in [0.15, 0.2) is 0 Å². The van der Waals surface area contributed by atoms with Gasteiger partial charge in [0.25, 0.3) is 0 Å². The Morgan fingerprint density at radius 1 is 1.14 bits per heavy atom. The van der Waals surface area contributed by atoms with Gasteiger partial charge in [-0.05, 0) is 0 Å². The van der Waals surface area contributed by atoms with Crippen LogP contribution in [0.4, 0.5) is 0 Å². The molecule has 0 unspecified atom stereocenters. The Morgan fingerprint density at radius 3 is 1.86 bits per heavy atom. The Balaban J connectivity index is 5.46. The minimum Gasteiger partial charge on any atom is -0.273 e. The highest BCUT2D eigenvalue weighted by Gasteiger charge is 2.43. The number of rotatable bonds is 5. The lowest BCUT2D eigenvalue weighted by Gasteiger charge is -2.01. The van der Waals surface area contributed by atoms with E-state index in [-0.39, 0.29) is 0 Å². The SMILES string of the molecule is C=CCOS(=O)(=O)S(=O)(=O)S(=O)(=O)O. The van der Waals surface area contributed by atoms with Crippen molar-refractivity contribution >= 4 is 26.2 Å². The Hall–Kier alpha value is -0.490. The zero-order valence-electron chi connectivity index (χ0n) is 6.52. The molecule has 0 atom stereocenters. The van der Waals surface area contributed by atoms with Crippen LogP contribution >= 0.6 is 0 Å². The lowest BCUT2D eigenvalue weighted by Crippen LogP contribution is -2.25. The predicted molar refractivity (Wildman–Crippen MR) is 45.5 cm³/mol. The molecule has 0 fully saturated rings. The molecule has 0 aromatic heterocycles. The van der Waals surface area contributed by atoms with E-state index in [1.165, 1.54) is 0 Å². The van der Waals surface area contributed by atoms with Crippen LogP contribution in [0.1, 0.15) is 0 Å². The molecule has 0 bridgehead atoms. The molecule has 0 aliphatic heterocycles. The third-order valence-electron chi connectivity index (χ3n) is 0.838. The minimum atomic E-state index is -5.82. The average molecular weight is 266 g/mol. The highest BCUT2D eigenvalue weighted by Crippen LogP contribution is 2.12. The van der Waals surface area contributed by atoms with Crippen molar-refractivity contribution in [2.24, 2.45) is 0 Å². The van der Waals surface area contributed by atoms with Gasteiger partial charge in [-0.1, -0.05) is 6.08 Å². The van der Waals surface area contributed by atoms with E-state index in [9.17, 15) is 25.3 Å². The van der Waals surface area contributed by atoms with Gasteiger partial charge in [-0.2, -0.15) is 25.3 Å². The van der Waals surface area contributed by atoms with Gasteiger partial charge in [-0.3, -0.25) is 8.74 Å². The highest BCUT2D eigenvalue weighted by molar-refractivity contribution is 8.97. The second-order valence-electron chi connectivity index (χ2n) is 1.82. The van der Waals surface area contributed by atoms with E-state index in [0.717, 1.165) is 6.08 Å². The van der Waals surface area contributed by atoms with E-state index < -0.39 is 32.8 Å². The normalized spacial score (nSPS) is 13.8. The summed E-state index contributed by atoms with van der Waals surface area (Å²) in [7, 11) is -17.0. The molecule has 14 heavy (non-hydrogen) atoms. The van der Waals surface area contributed by atoms with Crippen LogP contribution in [0.2, 0.25) is 0 Å². The Bertz CT molecular complexity index is 504. The van der Waals surface area contributed by atoms with Crippen molar-refractivity contribution in [3.63, 3.8) is 0 Å². The van der Waals surface area contributed by atoms with Crippen LogP contribution in [-0.4, -0.2) is 36.4 Å². The van der Waals surface area contributed by atoms with Gasteiger partial charge >= 0.3 is 26.2 Å². The molecular formula is C3H6O8S3. The van der Waals surface area contributed by atoms with E-state index in [0.29, 0.717) is 0 Å². The Kier molecular flexibility index (Phi) is 3.80. The summed E-state index contributed by atoms with van der Waals surface area (Å²) < 4.78 is 74.6. The monoisotopic (exact) mass is 266 g/mol. The maximum Gasteiger partial charge on any atom is 0.406 e. The molecule has 8 nitrogen and oxygen atoms in total. The fraction of sp³-hybridized carbons (Fsp3) is 0.333. The summed E-state index contributed by atoms with van der Waals surface area (Å²) in [5, 5.41) is 0. The summed E-state index contributed by atoms with van der Waals surface area (Å²) in [6.45, 7) is 2.29. The van der Waals surface area contributed by atoms with E-state index in [2.05, 4.69) is 10.8 Å². The summed E-state index contributed by atoms with van der Waals surface area (Å²) in [6, 6.07) is 0. The van der Waals surface area contributed by atoms with Gasteiger partial charge in [0.2, 0.25) is 0 Å². The second kappa shape index (κ2) is 3.94. The van der Waals surface area contributed by atoms with Crippen molar-refractivity contribution in [1.82, 2.24) is 0 Å². The smallest absolute Gasteiger partial charge is 0.273 e. The number of hydrogen-bond donors (Lipinski definition) is 1. The third kappa shape index (κ3) is 2.51. The molecule has 84 valence electrons. The predicted octanol–water partition coefficient (Wildman–Crippen LogP) is -1.35. The molecule has 0 heterocycles. The van der Waals surface area contributed by atoms with Gasteiger partial charge in [0, 0.05) is 0 Å². The minimum absolute atomic E-state index is 0.725. The average Bonchev–Trinajstić information content (AvgIpc) is 1.98. The largest absolute Gasteiger partial charge is 0.406 e. The first kappa shape index (κ1) is 13.5. The molecular weight excluding hydrogens is 260 g/mol. The third-order valence-corrected chi connectivity index (χ3v) is 8.66. The molecule has 0 aromatic rings. The highest BCUT2D eigenvalue weighted by atomic mass is 33.6. The van der Waals surface area contributed by atoms with Gasteiger partial charge in [0.05, 0.1) is 6.61 Å². The van der Waals surface area contributed by atoms with E-state index in [4.69, 9.17) is 4.55 Å². The quantitative estimate of drug-likeness (QED) is 0.367. The summed E-state index contributed by atoms with van der Waals surface area (Å²) in [5.74, 6) is 0. The van der Waals surface area contributed by atoms with Gasteiger partial charge < -0.3 is 0 Å². The summed E-state index contributed by atoms with van der Waals surface area (Å²) in [6.07, 6.45) is 0.886. The van der Waals surface area contributed by atoms with E-state index >= 15 is 0 Å². The van der Waals surface area contributed by atoms with E-state index in [1.54, 1.807) is 0 Å². The Labute approximate surface area is 79.8 Å². The molecule has 0 aromatic carbocycles. The lowest BCUT2D eigenvalue weighted by molar-refractivity contribution is 0.367. The maximum atomic E-state index is 10.7. The zero-order valence-corrected chi connectivity index (χ0v) is 8.97. The summed E-state index contributed by atoms with van der Waals surface area (Å²) >= 11 is 0. The van der Waals surface area contributed by atoms with Gasteiger partial charge in [-0.15, -0.1) is 6.58 Å². The van der Waals surface area contributed by atoms with Crippen LogP contribution in [0.5, 0.6) is 0 Å². The van der Waals surface area contributed by atoms with Crippen molar-refractivity contribution in [1.29, 1.82) is 0 Å². The summed E-state index contributed by atoms with van der Waals surface area (Å²) in [4.78, 5) is 0. The molecule has 0 amide bonds. The molecule has 0 aliphatic carbocycles. The zero-order chi connectivity index (χ0) is 11.6. The molecule has 0 rings (SSSR count). The number of hydrogen-bond acceptors (Lipinski definition) is 7. The van der Waals surface area contributed by atoms with Crippen LogP contribution in [0.15, 0.2) is 12.7 Å². The van der Waals surface area contributed by atoms with Crippen LogP contribution < -0.4 is 0 Å².